The van der Waals surface area contributed by atoms with E-state index in [-0.39, 0.29) is 30.7 Å². The maximum absolute atomic E-state index is 13.4. The Labute approximate surface area is 245 Å². The highest BCUT2D eigenvalue weighted by atomic mass is 32.1. The lowest BCUT2D eigenvalue weighted by Crippen LogP contribution is -2.47. The number of thiazole rings is 1. The van der Waals surface area contributed by atoms with Crippen LogP contribution in [0.25, 0.3) is 0 Å². The van der Waals surface area contributed by atoms with E-state index in [0.717, 1.165) is 16.3 Å². The first-order chi connectivity index (χ1) is 19.6. The minimum atomic E-state index is -0.726. The van der Waals surface area contributed by atoms with Gasteiger partial charge < -0.3 is 29.9 Å². The van der Waals surface area contributed by atoms with Crippen LogP contribution >= 0.6 is 11.3 Å². The van der Waals surface area contributed by atoms with E-state index >= 15 is 0 Å². The van der Waals surface area contributed by atoms with Crippen LogP contribution in [0.5, 0.6) is 11.5 Å². The third-order valence-corrected chi connectivity index (χ3v) is 7.90. The average Bonchev–Trinajstić information content (AvgIpc) is 3.29. The standard InChI is InChI=1S/C29H41N5O6S/c1-19-27(41-21(3)31-19)29(38)34-15-7-6-14-33(4)28(37)20(2)32-26(36)18-40-24-17-22(9-11-23(24)39-5)10-12-25(35)30-13-8-16-34/h9,11,17,20H,6-8,10,12-16,18H2,1-5H3,(H,30,35)(H,32,36)/t20-/m0/s1. The van der Waals surface area contributed by atoms with Crippen LogP contribution in [0, 0.1) is 13.8 Å². The number of aryl methyl sites for hydroxylation is 3. The van der Waals surface area contributed by atoms with Crippen LogP contribution in [0.15, 0.2) is 18.2 Å². The van der Waals surface area contributed by atoms with Gasteiger partial charge in [-0.2, -0.15) is 0 Å². The predicted molar refractivity (Wildman–Crippen MR) is 156 cm³/mol. The fraction of sp³-hybridized carbons (Fsp3) is 0.552. The number of hydrogen-bond acceptors (Lipinski definition) is 8. The van der Waals surface area contributed by atoms with Crippen LogP contribution < -0.4 is 20.1 Å². The normalized spacial score (nSPS) is 18.9. The van der Waals surface area contributed by atoms with Crippen molar-refractivity contribution in [1.82, 2.24) is 25.4 Å². The number of nitrogens with one attached hydrogen (secondary N) is 2. The topological polar surface area (TPSA) is 130 Å². The van der Waals surface area contributed by atoms with Crippen LogP contribution in [0.4, 0.5) is 0 Å². The smallest absolute Gasteiger partial charge is 0.265 e. The van der Waals surface area contributed by atoms with Crippen molar-refractivity contribution < 1.29 is 28.7 Å². The molecule has 12 heteroatoms. The van der Waals surface area contributed by atoms with Gasteiger partial charge in [-0.15, -0.1) is 11.3 Å². The number of ether oxygens (including phenoxy) is 2. The highest BCUT2D eigenvalue weighted by Crippen LogP contribution is 2.28. The molecule has 3 rings (SSSR count). The third kappa shape index (κ3) is 9.44. The molecule has 0 unspecified atom stereocenters. The molecule has 2 heterocycles. The summed E-state index contributed by atoms with van der Waals surface area (Å²) in [4.78, 5) is 59.7. The molecule has 41 heavy (non-hydrogen) atoms. The van der Waals surface area contributed by atoms with Crippen molar-refractivity contribution in [3.8, 4) is 11.5 Å². The van der Waals surface area contributed by atoms with E-state index in [1.54, 1.807) is 31.0 Å². The molecule has 1 aliphatic heterocycles. The number of amides is 4. The van der Waals surface area contributed by atoms with E-state index < -0.39 is 11.9 Å². The molecule has 1 atom stereocenters. The summed E-state index contributed by atoms with van der Waals surface area (Å²) in [7, 11) is 3.21. The summed E-state index contributed by atoms with van der Waals surface area (Å²) in [6.07, 6.45) is 2.75. The molecule has 4 amide bonds. The summed E-state index contributed by atoms with van der Waals surface area (Å²) in [5, 5.41) is 6.48. The first-order valence-corrected chi connectivity index (χ1v) is 14.7. The van der Waals surface area contributed by atoms with Gasteiger partial charge in [0, 0.05) is 39.6 Å². The molecule has 0 spiro atoms. The molecule has 1 aliphatic rings. The molecule has 0 aliphatic carbocycles. The van der Waals surface area contributed by atoms with Gasteiger partial charge in [0.15, 0.2) is 18.1 Å². The summed E-state index contributed by atoms with van der Waals surface area (Å²) in [6, 6.07) is 4.61. The fourth-order valence-corrected chi connectivity index (χ4v) is 5.49. The molecule has 1 aromatic heterocycles. The van der Waals surface area contributed by atoms with Gasteiger partial charge in [-0.25, -0.2) is 4.98 Å². The number of likely N-dealkylation sites (N-methyl/N-ethyl adjacent to an activating group) is 1. The highest BCUT2D eigenvalue weighted by molar-refractivity contribution is 7.13. The summed E-state index contributed by atoms with van der Waals surface area (Å²) < 4.78 is 11.1. The highest BCUT2D eigenvalue weighted by Gasteiger charge is 2.22. The largest absolute Gasteiger partial charge is 0.493 e. The van der Waals surface area contributed by atoms with Crippen LogP contribution in [0.1, 0.15) is 58.5 Å². The Balaban J connectivity index is 1.73. The van der Waals surface area contributed by atoms with Crippen molar-refractivity contribution >= 4 is 35.0 Å². The van der Waals surface area contributed by atoms with E-state index in [4.69, 9.17) is 9.47 Å². The number of fused-ring (bicyclic) bond motifs is 2. The number of aromatic nitrogens is 1. The van der Waals surface area contributed by atoms with Gasteiger partial charge >= 0.3 is 0 Å². The Morgan fingerprint density at radius 1 is 1.07 bits per heavy atom. The number of methoxy groups -OCH3 is 1. The van der Waals surface area contributed by atoms with Crippen molar-refractivity contribution in [2.45, 2.75) is 58.9 Å². The molecular formula is C29H41N5O6S. The zero-order valence-corrected chi connectivity index (χ0v) is 25.4. The van der Waals surface area contributed by atoms with Gasteiger partial charge in [0.25, 0.3) is 11.8 Å². The first kappa shape index (κ1) is 31.9. The number of carbonyl (C=O) groups excluding carboxylic acids is 4. The van der Waals surface area contributed by atoms with E-state index in [2.05, 4.69) is 15.6 Å². The molecule has 224 valence electrons. The van der Waals surface area contributed by atoms with Crippen molar-refractivity contribution in [3.63, 3.8) is 0 Å². The lowest BCUT2D eigenvalue weighted by Gasteiger charge is -2.25. The van der Waals surface area contributed by atoms with Crippen molar-refractivity contribution in [1.29, 1.82) is 0 Å². The molecule has 2 N–H and O–H groups in total. The number of hydrogen-bond donors (Lipinski definition) is 2. The monoisotopic (exact) mass is 587 g/mol. The van der Waals surface area contributed by atoms with Gasteiger partial charge in [-0.1, -0.05) is 6.07 Å². The molecule has 0 radical (unpaired) electrons. The second-order valence-corrected chi connectivity index (χ2v) is 11.4. The summed E-state index contributed by atoms with van der Waals surface area (Å²) in [6.45, 7) is 7.02. The van der Waals surface area contributed by atoms with Crippen molar-refractivity contribution in [2.75, 3.05) is 46.9 Å². The van der Waals surface area contributed by atoms with E-state index in [9.17, 15) is 19.2 Å². The Bertz CT molecular complexity index is 1230. The zero-order valence-electron chi connectivity index (χ0n) is 24.6. The van der Waals surface area contributed by atoms with Gasteiger partial charge in [-0.05, 0) is 64.2 Å². The number of rotatable bonds is 2. The van der Waals surface area contributed by atoms with Crippen LogP contribution in [-0.2, 0) is 20.8 Å². The molecule has 11 nitrogen and oxygen atoms in total. The molecule has 2 bridgehead atoms. The Kier molecular flexibility index (Phi) is 11.9. The zero-order chi connectivity index (χ0) is 29.9. The Morgan fingerprint density at radius 2 is 1.80 bits per heavy atom. The van der Waals surface area contributed by atoms with Crippen molar-refractivity contribution in [3.05, 3.63) is 39.3 Å². The summed E-state index contributed by atoms with van der Waals surface area (Å²) in [5.74, 6) is 0.0583. The van der Waals surface area contributed by atoms with Crippen molar-refractivity contribution in [2.24, 2.45) is 0 Å². The van der Waals surface area contributed by atoms with Crippen LogP contribution in [-0.4, -0.2) is 91.4 Å². The third-order valence-electron chi connectivity index (χ3n) is 6.84. The lowest BCUT2D eigenvalue weighted by atomic mass is 10.1. The number of nitrogens with zero attached hydrogens (tertiary/aromatic N) is 3. The number of benzene rings is 1. The number of carbonyl (C=O) groups is 4. The summed E-state index contributed by atoms with van der Waals surface area (Å²) in [5.41, 5.74) is 1.58. The molecule has 0 saturated carbocycles. The average molecular weight is 588 g/mol. The second kappa shape index (κ2) is 15.4. The van der Waals surface area contributed by atoms with Gasteiger partial charge in [0.2, 0.25) is 11.8 Å². The maximum atomic E-state index is 13.4. The van der Waals surface area contributed by atoms with Gasteiger partial charge in [0.05, 0.1) is 17.8 Å². The van der Waals surface area contributed by atoms with Gasteiger partial charge in [-0.3, -0.25) is 19.2 Å². The van der Waals surface area contributed by atoms with Gasteiger partial charge in [0.1, 0.15) is 10.9 Å². The Hall–Kier alpha value is -3.67. The fourth-order valence-electron chi connectivity index (χ4n) is 4.60. The molecule has 2 aromatic rings. The van der Waals surface area contributed by atoms with E-state index in [1.807, 2.05) is 24.8 Å². The molecule has 0 saturated heterocycles. The minimum absolute atomic E-state index is 0.0628. The Morgan fingerprint density at radius 3 is 2.51 bits per heavy atom. The maximum Gasteiger partial charge on any atom is 0.265 e. The predicted octanol–water partition coefficient (Wildman–Crippen LogP) is 2.49. The first-order valence-electron chi connectivity index (χ1n) is 13.9. The minimum Gasteiger partial charge on any atom is -0.493 e. The van der Waals surface area contributed by atoms with Crippen LogP contribution in [0.2, 0.25) is 0 Å². The quantitative estimate of drug-likeness (QED) is 0.552. The van der Waals surface area contributed by atoms with E-state index in [0.29, 0.717) is 68.2 Å². The SMILES string of the molecule is COc1ccc2cc1OCC(=O)N[C@@H](C)C(=O)N(C)CCCCN(C(=O)c1sc(C)nc1C)CCCNC(=O)CC2. The second-order valence-electron chi connectivity index (χ2n) is 10.2. The van der Waals surface area contributed by atoms with Crippen LogP contribution in [0.3, 0.4) is 0 Å². The molecule has 1 aromatic carbocycles. The van der Waals surface area contributed by atoms with E-state index in [1.165, 1.54) is 18.4 Å². The molecule has 0 fully saturated rings. The molecular weight excluding hydrogens is 546 g/mol. The lowest BCUT2D eigenvalue weighted by molar-refractivity contribution is -0.135. The summed E-state index contributed by atoms with van der Waals surface area (Å²) >= 11 is 1.39.